The highest BCUT2D eigenvalue weighted by atomic mass is 16.2. The molecule has 4 nitrogen and oxygen atoms in total. The fourth-order valence-corrected chi connectivity index (χ4v) is 2.08. The lowest BCUT2D eigenvalue weighted by Crippen LogP contribution is -2.33. The molecular formula is C12H20N2O2. The second kappa shape index (κ2) is 4.53. The molecule has 0 radical (unpaired) electrons. The van der Waals surface area contributed by atoms with E-state index >= 15 is 0 Å². The third kappa shape index (κ3) is 2.26. The van der Waals surface area contributed by atoms with Crippen molar-refractivity contribution in [1.29, 1.82) is 0 Å². The van der Waals surface area contributed by atoms with Gasteiger partial charge in [0.25, 0.3) is 0 Å². The minimum absolute atomic E-state index is 0.00363. The van der Waals surface area contributed by atoms with E-state index in [2.05, 4.69) is 5.32 Å². The molecule has 1 aliphatic carbocycles. The standard InChI is InChI=1S/C12H20N2O2/c1-8-9(2)12(16)14(11(8)15)7-3-6-13-10-4-5-10/h8-10,13H,3-7H2,1-2H3. The Labute approximate surface area is 96.4 Å². The lowest BCUT2D eigenvalue weighted by atomic mass is 10.00. The predicted molar refractivity (Wildman–Crippen MR) is 60.7 cm³/mol. The van der Waals surface area contributed by atoms with Gasteiger partial charge in [-0.2, -0.15) is 0 Å². The first-order valence-electron chi connectivity index (χ1n) is 6.20. The van der Waals surface area contributed by atoms with Crippen LogP contribution in [0.25, 0.3) is 0 Å². The third-order valence-corrected chi connectivity index (χ3v) is 3.63. The summed E-state index contributed by atoms with van der Waals surface area (Å²) < 4.78 is 0. The number of nitrogens with zero attached hydrogens (tertiary/aromatic N) is 1. The summed E-state index contributed by atoms with van der Waals surface area (Å²) in [6, 6.07) is 0.697. The molecule has 2 rings (SSSR count). The molecule has 2 amide bonds. The van der Waals surface area contributed by atoms with Gasteiger partial charge in [-0.15, -0.1) is 0 Å². The highest BCUT2D eigenvalue weighted by Crippen LogP contribution is 2.25. The Bertz CT molecular complexity index is 279. The van der Waals surface area contributed by atoms with E-state index in [1.807, 2.05) is 13.8 Å². The normalized spacial score (nSPS) is 30.2. The molecule has 1 saturated heterocycles. The molecule has 0 aromatic carbocycles. The maximum atomic E-state index is 11.8. The smallest absolute Gasteiger partial charge is 0.232 e. The first-order chi connectivity index (χ1) is 7.61. The topological polar surface area (TPSA) is 49.4 Å². The zero-order valence-corrected chi connectivity index (χ0v) is 10.0. The van der Waals surface area contributed by atoms with Crippen LogP contribution in [0.3, 0.4) is 0 Å². The van der Waals surface area contributed by atoms with Crippen LogP contribution in [0.2, 0.25) is 0 Å². The van der Waals surface area contributed by atoms with Crippen molar-refractivity contribution in [3.63, 3.8) is 0 Å². The van der Waals surface area contributed by atoms with Gasteiger partial charge in [-0.25, -0.2) is 0 Å². The van der Waals surface area contributed by atoms with Gasteiger partial charge in [0.05, 0.1) is 0 Å². The van der Waals surface area contributed by atoms with Crippen LogP contribution in [0.15, 0.2) is 0 Å². The quantitative estimate of drug-likeness (QED) is 0.554. The molecule has 1 aliphatic heterocycles. The number of hydrogen-bond acceptors (Lipinski definition) is 3. The van der Waals surface area contributed by atoms with Crippen LogP contribution in [-0.4, -0.2) is 35.8 Å². The molecule has 16 heavy (non-hydrogen) atoms. The van der Waals surface area contributed by atoms with Crippen molar-refractivity contribution in [3.05, 3.63) is 0 Å². The number of likely N-dealkylation sites (tertiary alicyclic amines) is 1. The maximum Gasteiger partial charge on any atom is 0.232 e. The van der Waals surface area contributed by atoms with Gasteiger partial charge in [-0.3, -0.25) is 14.5 Å². The molecule has 1 N–H and O–H groups in total. The molecule has 0 spiro atoms. The van der Waals surface area contributed by atoms with Gasteiger partial charge in [0, 0.05) is 24.4 Å². The van der Waals surface area contributed by atoms with Crippen LogP contribution in [0.4, 0.5) is 0 Å². The van der Waals surface area contributed by atoms with Crippen molar-refractivity contribution in [2.75, 3.05) is 13.1 Å². The van der Waals surface area contributed by atoms with E-state index in [-0.39, 0.29) is 23.7 Å². The van der Waals surface area contributed by atoms with Gasteiger partial charge < -0.3 is 5.32 Å². The van der Waals surface area contributed by atoms with E-state index in [4.69, 9.17) is 0 Å². The lowest BCUT2D eigenvalue weighted by molar-refractivity contribution is -0.139. The minimum atomic E-state index is -0.135. The van der Waals surface area contributed by atoms with Crippen LogP contribution < -0.4 is 5.32 Å². The molecule has 2 aliphatic rings. The predicted octanol–water partition coefficient (Wildman–Crippen LogP) is 0.770. The van der Waals surface area contributed by atoms with Crippen molar-refractivity contribution in [3.8, 4) is 0 Å². The van der Waals surface area contributed by atoms with Crippen molar-refractivity contribution in [2.45, 2.75) is 39.2 Å². The highest BCUT2D eigenvalue weighted by Gasteiger charge is 2.41. The Hall–Kier alpha value is -0.900. The van der Waals surface area contributed by atoms with Crippen LogP contribution in [0, 0.1) is 11.8 Å². The summed E-state index contributed by atoms with van der Waals surface area (Å²) >= 11 is 0. The number of carbonyl (C=O) groups is 2. The third-order valence-electron chi connectivity index (χ3n) is 3.63. The number of imide groups is 1. The van der Waals surface area contributed by atoms with Crippen molar-refractivity contribution in [1.82, 2.24) is 10.2 Å². The number of amides is 2. The summed E-state index contributed by atoms with van der Waals surface area (Å²) in [5.74, 6) is -0.263. The molecule has 1 saturated carbocycles. The Morgan fingerprint density at radius 2 is 1.75 bits per heavy atom. The van der Waals surface area contributed by atoms with Gasteiger partial charge in [-0.1, -0.05) is 13.8 Å². The summed E-state index contributed by atoms with van der Waals surface area (Å²) in [7, 11) is 0. The Morgan fingerprint density at radius 3 is 2.25 bits per heavy atom. The molecule has 1 heterocycles. The molecule has 2 unspecified atom stereocenters. The first kappa shape index (κ1) is 11.6. The van der Waals surface area contributed by atoms with E-state index in [9.17, 15) is 9.59 Å². The van der Waals surface area contributed by atoms with Gasteiger partial charge in [0.1, 0.15) is 0 Å². The van der Waals surface area contributed by atoms with Crippen LogP contribution >= 0.6 is 0 Å². The zero-order valence-electron chi connectivity index (χ0n) is 10.0. The fraction of sp³-hybridized carbons (Fsp3) is 0.833. The molecule has 2 fully saturated rings. The van der Waals surface area contributed by atoms with E-state index in [1.165, 1.54) is 17.7 Å². The van der Waals surface area contributed by atoms with E-state index in [0.29, 0.717) is 12.6 Å². The summed E-state index contributed by atoms with van der Waals surface area (Å²) in [6.07, 6.45) is 3.42. The molecule has 4 heteroatoms. The number of rotatable bonds is 5. The lowest BCUT2D eigenvalue weighted by Gasteiger charge is -2.14. The van der Waals surface area contributed by atoms with Gasteiger partial charge in [-0.05, 0) is 25.8 Å². The molecule has 0 aromatic heterocycles. The first-order valence-corrected chi connectivity index (χ1v) is 6.20. The number of carbonyl (C=O) groups excluding carboxylic acids is 2. The maximum absolute atomic E-state index is 11.8. The van der Waals surface area contributed by atoms with Crippen molar-refractivity contribution in [2.24, 2.45) is 11.8 Å². The largest absolute Gasteiger partial charge is 0.314 e. The van der Waals surface area contributed by atoms with Crippen LogP contribution in [-0.2, 0) is 9.59 Å². The Kier molecular flexibility index (Phi) is 3.28. The van der Waals surface area contributed by atoms with Gasteiger partial charge in [0.2, 0.25) is 11.8 Å². The van der Waals surface area contributed by atoms with Crippen LogP contribution in [0.5, 0.6) is 0 Å². The average Bonchev–Trinajstić information content (AvgIpc) is 3.06. The number of nitrogens with one attached hydrogen (secondary N) is 1. The monoisotopic (exact) mass is 224 g/mol. The van der Waals surface area contributed by atoms with Crippen molar-refractivity contribution < 1.29 is 9.59 Å². The van der Waals surface area contributed by atoms with E-state index in [1.54, 1.807) is 0 Å². The minimum Gasteiger partial charge on any atom is -0.314 e. The molecular weight excluding hydrogens is 204 g/mol. The van der Waals surface area contributed by atoms with Gasteiger partial charge in [0.15, 0.2) is 0 Å². The Balaban J connectivity index is 1.75. The average molecular weight is 224 g/mol. The summed E-state index contributed by atoms with van der Waals surface area (Å²) in [5.41, 5.74) is 0. The molecule has 2 atom stereocenters. The van der Waals surface area contributed by atoms with E-state index < -0.39 is 0 Å². The summed E-state index contributed by atoms with van der Waals surface area (Å²) in [6.45, 7) is 5.16. The highest BCUT2D eigenvalue weighted by molar-refractivity contribution is 6.04. The Morgan fingerprint density at radius 1 is 1.19 bits per heavy atom. The molecule has 0 aromatic rings. The fourth-order valence-electron chi connectivity index (χ4n) is 2.08. The van der Waals surface area contributed by atoms with Crippen LogP contribution in [0.1, 0.15) is 33.1 Å². The molecule has 90 valence electrons. The second-order valence-electron chi connectivity index (χ2n) is 4.99. The second-order valence-corrected chi connectivity index (χ2v) is 4.99. The van der Waals surface area contributed by atoms with Gasteiger partial charge >= 0.3 is 0 Å². The summed E-state index contributed by atoms with van der Waals surface area (Å²) in [4.78, 5) is 24.9. The number of hydrogen-bond donors (Lipinski definition) is 1. The molecule has 0 bridgehead atoms. The zero-order chi connectivity index (χ0) is 11.7. The van der Waals surface area contributed by atoms with Crippen molar-refractivity contribution >= 4 is 11.8 Å². The SMILES string of the molecule is CC1C(=O)N(CCCNC2CC2)C(=O)C1C. The van der Waals surface area contributed by atoms with E-state index in [0.717, 1.165) is 13.0 Å². The summed E-state index contributed by atoms with van der Waals surface area (Å²) in [5, 5.41) is 3.38.